The van der Waals surface area contributed by atoms with Crippen LogP contribution in [0.3, 0.4) is 0 Å². The van der Waals surface area contributed by atoms with Crippen molar-refractivity contribution in [2.75, 3.05) is 5.32 Å². The molecule has 0 spiro atoms. The molecule has 1 aliphatic rings. The number of carbonyl (C=O) groups is 3. The fourth-order valence-electron chi connectivity index (χ4n) is 2.65. The van der Waals surface area contributed by atoms with Crippen molar-refractivity contribution in [1.29, 1.82) is 0 Å². The Bertz CT molecular complexity index is 874. The summed E-state index contributed by atoms with van der Waals surface area (Å²) in [5.41, 5.74) is 0.196. The van der Waals surface area contributed by atoms with Crippen LogP contribution in [0.15, 0.2) is 48.5 Å². The van der Waals surface area contributed by atoms with E-state index >= 15 is 0 Å². The first-order chi connectivity index (χ1) is 11.9. The molecular formula is C17H13N3O5. The van der Waals surface area contributed by atoms with Gasteiger partial charge in [-0.25, -0.2) is 0 Å². The zero-order chi connectivity index (χ0) is 18.1. The lowest BCUT2D eigenvalue weighted by molar-refractivity contribution is -0.383. The van der Waals surface area contributed by atoms with Gasteiger partial charge in [-0.15, -0.1) is 0 Å². The summed E-state index contributed by atoms with van der Waals surface area (Å²) in [7, 11) is 0. The number of hydrogen-bond acceptors (Lipinski definition) is 5. The second-order valence-corrected chi connectivity index (χ2v) is 5.47. The third-order valence-corrected chi connectivity index (χ3v) is 3.95. The van der Waals surface area contributed by atoms with Crippen molar-refractivity contribution in [2.45, 2.75) is 13.0 Å². The minimum absolute atomic E-state index is 0.000888. The summed E-state index contributed by atoms with van der Waals surface area (Å²) in [4.78, 5) is 48.5. The van der Waals surface area contributed by atoms with Crippen LogP contribution in [0.25, 0.3) is 0 Å². The molecule has 3 rings (SSSR count). The minimum atomic E-state index is -1.12. The number of rotatable bonds is 4. The third kappa shape index (κ3) is 2.74. The van der Waals surface area contributed by atoms with Crippen LogP contribution in [0.1, 0.15) is 27.6 Å². The smallest absolute Gasteiger partial charge is 0.292 e. The monoisotopic (exact) mass is 339 g/mol. The van der Waals surface area contributed by atoms with Gasteiger partial charge in [0.2, 0.25) is 5.91 Å². The van der Waals surface area contributed by atoms with E-state index in [1.807, 2.05) is 0 Å². The Morgan fingerprint density at radius 3 is 2.12 bits per heavy atom. The molecule has 0 bridgehead atoms. The first kappa shape index (κ1) is 16.3. The second kappa shape index (κ2) is 6.16. The summed E-state index contributed by atoms with van der Waals surface area (Å²) in [5, 5.41) is 13.4. The lowest BCUT2D eigenvalue weighted by Crippen LogP contribution is -2.45. The van der Waals surface area contributed by atoms with Crippen LogP contribution >= 0.6 is 0 Å². The van der Waals surface area contributed by atoms with E-state index in [4.69, 9.17) is 0 Å². The molecule has 2 aromatic rings. The standard InChI is InChI=1S/C17H13N3O5/c1-10(15(21)18-13-8-4-5-9-14(13)20(24)25)19-16(22)11-6-2-3-7-12(11)17(19)23/h2-10H,1H3,(H,18,21). The number of amides is 3. The van der Waals surface area contributed by atoms with Crippen LogP contribution in [-0.2, 0) is 4.79 Å². The first-order valence-electron chi connectivity index (χ1n) is 7.43. The lowest BCUT2D eigenvalue weighted by Gasteiger charge is -2.21. The summed E-state index contributed by atoms with van der Waals surface area (Å²) < 4.78 is 0. The number of imide groups is 1. The topological polar surface area (TPSA) is 110 Å². The van der Waals surface area contributed by atoms with Crippen molar-refractivity contribution in [3.8, 4) is 0 Å². The number of nitro groups is 1. The molecule has 1 aliphatic heterocycles. The largest absolute Gasteiger partial charge is 0.319 e. The van der Waals surface area contributed by atoms with Crippen molar-refractivity contribution in [2.24, 2.45) is 0 Å². The maximum Gasteiger partial charge on any atom is 0.292 e. The fraction of sp³-hybridized carbons (Fsp3) is 0.118. The predicted molar refractivity (Wildman–Crippen MR) is 88.1 cm³/mol. The fourth-order valence-corrected chi connectivity index (χ4v) is 2.65. The first-order valence-corrected chi connectivity index (χ1v) is 7.43. The van der Waals surface area contributed by atoms with Gasteiger partial charge in [-0.1, -0.05) is 24.3 Å². The number of nitrogens with one attached hydrogen (secondary N) is 1. The van der Waals surface area contributed by atoms with E-state index in [2.05, 4.69) is 5.32 Å². The number of hydrogen-bond donors (Lipinski definition) is 1. The summed E-state index contributed by atoms with van der Waals surface area (Å²) in [6, 6.07) is 10.8. The number of fused-ring (bicyclic) bond motifs is 1. The predicted octanol–water partition coefficient (Wildman–Crippen LogP) is 2.22. The van der Waals surface area contributed by atoms with Gasteiger partial charge in [0.25, 0.3) is 17.5 Å². The molecule has 25 heavy (non-hydrogen) atoms. The molecule has 1 N–H and O–H groups in total. The number of benzene rings is 2. The van der Waals surface area contributed by atoms with Gasteiger partial charge >= 0.3 is 0 Å². The summed E-state index contributed by atoms with van der Waals surface area (Å²) in [6.07, 6.45) is 0. The molecule has 0 saturated heterocycles. The molecule has 0 saturated carbocycles. The molecule has 0 radical (unpaired) electrons. The Morgan fingerprint density at radius 2 is 1.56 bits per heavy atom. The molecular weight excluding hydrogens is 326 g/mol. The van der Waals surface area contributed by atoms with Gasteiger partial charge in [0.1, 0.15) is 11.7 Å². The zero-order valence-electron chi connectivity index (χ0n) is 13.1. The molecule has 8 nitrogen and oxygen atoms in total. The Balaban J connectivity index is 1.84. The number of para-hydroxylation sites is 2. The van der Waals surface area contributed by atoms with Gasteiger partial charge in [0.05, 0.1) is 16.1 Å². The number of nitro benzene ring substituents is 1. The second-order valence-electron chi connectivity index (χ2n) is 5.47. The molecule has 1 unspecified atom stereocenters. The van der Waals surface area contributed by atoms with Crippen LogP contribution in [-0.4, -0.2) is 33.6 Å². The normalized spacial score (nSPS) is 14.2. The highest BCUT2D eigenvalue weighted by molar-refractivity contribution is 6.23. The molecule has 0 fully saturated rings. The molecule has 0 aromatic heterocycles. The van der Waals surface area contributed by atoms with Gasteiger partial charge in [-0.3, -0.25) is 29.4 Å². The van der Waals surface area contributed by atoms with Crippen LogP contribution in [0, 0.1) is 10.1 Å². The van der Waals surface area contributed by atoms with E-state index in [0.717, 1.165) is 4.90 Å². The molecule has 1 atom stereocenters. The summed E-state index contributed by atoms with van der Waals surface area (Å²) >= 11 is 0. The average molecular weight is 339 g/mol. The van der Waals surface area contributed by atoms with Gasteiger partial charge in [0.15, 0.2) is 0 Å². The molecule has 3 amide bonds. The van der Waals surface area contributed by atoms with Gasteiger partial charge < -0.3 is 5.32 Å². The summed E-state index contributed by atoms with van der Waals surface area (Å²) in [5.74, 6) is -1.82. The lowest BCUT2D eigenvalue weighted by atomic mass is 10.1. The maximum absolute atomic E-state index is 12.4. The van der Waals surface area contributed by atoms with E-state index < -0.39 is 28.7 Å². The Morgan fingerprint density at radius 1 is 1.04 bits per heavy atom. The average Bonchev–Trinajstić information content (AvgIpc) is 2.86. The Kier molecular flexibility index (Phi) is 4.02. The highest BCUT2D eigenvalue weighted by Gasteiger charge is 2.40. The van der Waals surface area contributed by atoms with Crippen LogP contribution < -0.4 is 5.32 Å². The van der Waals surface area contributed by atoms with Crippen molar-refractivity contribution in [3.05, 3.63) is 69.8 Å². The molecule has 2 aromatic carbocycles. The van der Waals surface area contributed by atoms with Gasteiger partial charge in [-0.05, 0) is 25.1 Å². The highest BCUT2D eigenvalue weighted by atomic mass is 16.6. The van der Waals surface area contributed by atoms with Crippen molar-refractivity contribution < 1.29 is 19.3 Å². The SMILES string of the molecule is CC(C(=O)Nc1ccccc1[N+](=O)[O-])N1C(=O)c2ccccc2C1=O. The quantitative estimate of drug-likeness (QED) is 0.522. The van der Waals surface area contributed by atoms with E-state index in [1.165, 1.54) is 43.3 Å². The van der Waals surface area contributed by atoms with Crippen molar-refractivity contribution in [3.63, 3.8) is 0 Å². The van der Waals surface area contributed by atoms with Gasteiger partial charge in [0, 0.05) is 6.07 Å². The zero-order valence-corrected chi connectivity index (χ0v) is 13.1. The van der Waals surface area contributed by atoms with E-state index in [-0.39, 0.29) is 22.5 Å². The van der Waals surface area contributed by atoms with Crippen LogP contribution in [0.5, 0.6) is 0 Å². The molecule has 0 aliphatic carbocycles. The van der Waals surface area contributed by atoms with E-state index in [9.17, 15) is 24.5 Å². The van der Waals surface area contributed by atoms with Crippen molar-refractivity contribution >= 4 is 29.1 Å². The van der Waals surface area contributed by atoms with Crippen LogP contribution in [0.4, 0.5) is 11.4 Å². The Hall–Kier alpha value is -3.55. The van der Waals surface area contributed by atoms with Gasteiger partial charge in [-0.2, -0.15) is 0 Å². The maximum atomic E-state index is 12.4. The third-order valence-electron chi connectivity index (χ3n) is 3.95. The minimum Gasteiger partial charge on any atom is -0.319 e. The number of anilines is 1. The van der Waals surface area contributed by atoms with Crippen LogP contribution in [0.2, 0.25) is 0 Å². The number of nitrogens with zero attached hydrogens (tertiary/aromatic N) is 2. The highest BCUT2D eigenvalue weighted by Crippen LogP contribution is 2.27. The summed E-state index contributed by atoms with van der Waals surface area (Å²) in [6.45, 7) is 1.39. The number of carbonyl (C=O) groups excluding carboxylic acids is 3. The molecule has 1 heterocycles. The van der Waals surface area contributed by atoms with E-state index in [1.54, 1.807) is 12.1 Å². The van der Waals surface area contributed by atoms with E-state index in [0.29, 0.717) is 0 Å². The Labute approximate surface area is 142 Å². The van der Waals surface area contributed by atoms with Crippen molar-refractivity contribution in [1.82, 2.24) is 4.90 Å². The molecule has 8 heteroatoms. The molecule has 126 valence electrons.